The number of rotatable bonds is 5. The van der Waals surface area contributed by atoms with Crippen LogP contribution in [0.5, 0.6) is 5.75 Å². The van der Waals surface area contributed by atoms with Gasteiger partial charge in [-0.05, 0) is 69.3 Å². The zero-order valence-corrected chi connectivity index (χ0v) is 18.4. The molecule has 1 aromatic rings. The summed E-state index contributed by atoms with van der Waals surface area (Å²) in [5.41, 5.74) is 0.852. The highest BCUT2D eigenvalue weighted by molar-refractivity contribution is 5.91. The van der Waals surface area contributed by atoms with E-state index in [1.54, 1.807) is 7.11 Å². The van der Waals surface area contributed by atoms with Gasteiger partial charge in [-0.2, -0.15) is 0 Å². The van der Waals surface area contributed by atoms with Gasteiger partial charge in [0.15, 0.2) is 0 Å². The molecule has 7 heteroatoms. The predicted molar refractivity (Wildman–Crippen MR) is 114 cm³/mol. The minimum atomic E-state index is -0.290. The van der Waals surface area contributed by atoms with Crippen LogP contribution in [0, 0.1) is 11.8 Å². The van der Waals surface area contributed by atoms with Crippen LogP contribution in [0.4, 0.5) is 0 Å². The second-order valence-electron chi connectivity index (χ2n) is 8.92. The molecule has 1 heterocycles. The third-order valence-electron chi connectivity index (χ3n) is 7.14. The number of hydrogen-bond donors (Lipinski definition) is 1. The molecule has 30 heavy (non-hydrogen) atoms. The van der Waals surface area contributed by atoms with Gasteiger partial charge in [-0.15, -0.1) is 0 Å². The Morgan fingerprint density at radius 1 is 1.13 bits per heavy atom. The first-order valence-electron chi connectivity index (χ1n) is 10.6. The fraction of sp³-hybridized carbons (Fsp3) is 0.652. The van der Waals surface area contributed by atoms with Crippen LogP contribution in [0.15, 0.2) is 24.3 Å². The van der Waals surface area contributed by atoms with Gasteiger partial charge in [0.25, 0.3) is 6.47 Å². The molecule has 3 fully saturated rings. The number of likely N-dealkylation sites (N-methyl/N-ethyl adjacent to an activating group) is 1. The summed E-state index contributed by atoms with van der Waals surface area (Å²) in [5, 5.41) is 6.89. The topological polar surface area (TPSA) is 79.3 Å². The number of methoxy groups -OCH3 is 2. The summed E-state index contributed by atoms with van der Waals surface area (Å²) < 4.78 is 11.0. The first-order valence-corrected chi connectivity index (χ1v) is 10.6. The first-order chi connectivity index (χ1) is 14.4. The zero-order chi connectivity index (χ0) is 21.9. The van der Waals surface area contributed by atoms with E-state index in [9.17, 15) is 4.79 Å². The predicted octanol–water partition coefficient (Wildman–Crippen LogP) is 2.24. The van der Waals surface area contributed by atoms with E-state index in [-0.39, 0.29) is 18.0 Å². The highest BCUT2D eigenvalue weighted by Crippen LogP contribution is 2.51. The minimum absolute atomic E-state index is 0.250. The van der Waals surface area contributed by atoms with Crippen LogP contribution in [-0.2, 0) is 19.7 Å². The van der Waals surface area contributed by atoms with Crippen LogP contribution < -0.4 is 4.74 Å². The second-order valence-corrected chi connectivity index (χ2v) is 8.92. The Bertz CT molecular complexity index is 732. The zero-order valence-electron chi connectivity index (χ0n) is 18.4. The average molecular weight is 419 g/mol. The highest BCUT2D eigenvalue weighted by atomic mass is 16.5. The van der Waals surface area contributed by atoms with Crippen LogP contribution in [-0.4, -0.2) is 80.8 Å². The minimum Gasteiger partial charge on any atom is -0.497 e. The summed E-state index contributed by atoms with van der Waals surface area (Å²) in [6, 6.07) is 8.52. The summed E-state index contributed by atoms with van der Waals surface area (Å²) in [6.45, 7) is 1.55. The molecule has 0 spiro atoms. The molecule has 1 N–H and O–H groups in total. The Kier molecular flexibility index (Phi) is 7.03. The van der Waals surface area contributed by atoms with Crippen molar-refractivity contribution in [2.75, 3.05) is 41.4 Å². The van der Waals surface area contributed by atoms with Crippen molar-refractivity contribution in [3.05, 3.63) is 29.8 Å². The fourth-order valence-electron chi connectivity index (χ4n) is 5.32. The van der Waals surface area contributed by atoms with Gasteiger partial charge in [-0.1, -0.05) is 12.1 Å². The molecule has 4 rings (SSSR count). The number of amides is 1. The van der Waals surface area contributed by atoms with E-state index >= 15 is 0 Å². The number of carbonyl (C=O) groups is 2. The SMILES string of the molecule is COc1ccc(C2(C(=O)N3C[C@H]4C[C@@H](N(C)C)[C@H](OC)C[C@H]4C3)CC2)cc1.O=CO. The molecular weight excluding hydrogens is 384 g/mol. The van der Waals surface area contributed by atoms with E-state index in [0.29, 0.717) is 23.8 Å². The van der Waals surface area contributed by atoms with Crippen LogP contribution in [0.3, 0.4) is 0 Å². The smallest absolute Gasteiger partial charge is 0.290 e. The van der Waals surface area contributed by atoms with Gasteiger partial charge in [0.1, 0.15) is 5.75 Å². The summed E-state index contributed by atoms with van der Waals surface area (Å²) >= 11 is 0. The normalized spacial score (nSPS) is 28.9. The van der Waals surface area contributed by atoms with Crippen molar-refractivity contribution >= 4 is 12.4 Å². The second kappa shape index (κ2) is 9.35. The molecule has 3 aliphatic rings. The van der Waals surface area contributed by atoms with Crippen molar-refractivity contribution in [3.63, 3.8) is 0 Å². The number of likely N-dealkylation sites (tertiary alicyclic amines) is 1. The molecule has 1 aliphatic heterocycles. The van der Waals surface area contributed by atoms with E-state index in [0.717, 1.165) is 50.1 Å². The number of nitrogens with zero attached hydrogens (tertiary/aromatic N) is 2. The number of hydrogen-bond acceptors (Lipinski definition) is 5. The Morgan fingerprint density at radius 2 is 1.70 bits per heavy atom. The third kappa shape index (κ3) is 4.32. The maximum atomic E-state index is 13.4. The molecular formula is C23H34N2O5. The van der Waals surface area contributed by atoms with Crippen molar-refractivity contribution in [3.8, 4) is 5.75 Å². The number of fused-ring (bicyclic) bond motifs is 1. The summed E-state index contributed by atoms with van der Waals surface area (Å²) in [5.74, 6) is 2.34. The number of carbonyl (C=O) groups excluding carboxylic acids is 1. The molecule has 0 bridgehead atoms. The molecule has 2 aliphatic carbocycles. The molecule has 0 radical (unpaired) electrons. The first kappa shape index (κ1) is 22.6. The van der Waals surface area contributed by atoms with E-state index in [1.807, 2.05) is 19.2 Å². The molecule has 4 atom stereocenters. The number of benzene rings is 1. The van der Waals surface area contributed by atoms with E-state index < -0.39 is 0 Å². The van der Waals surface area contributed by atoms with Gasteiger partial charge >= 0.3 is 0 Å². The van der Waals surface area contributed by atoms with E-state index in [4.69, 9.17) is 19.4 Å². The van der Waals surface area contributed by atoms with Crippen LogP contribution in [0.2, 0.25) is 0 Å². The van der Waals surface area contributed by atoms with Gasteiger partial charge in [-0.3, -0.25) is 9.59 Å². The lowest BCUT2D eigenvalue weighted by Crippen LogP contribution is -2.47. The van der Waals surface area contributed by atoms with Crippen molar-refractivity contribution < 1.29 is 24.2 Å². The van der Waals surface area contributed by atoms with Gasteiger partial charge < -0.3 is 24.4 Å². The average Bonchev–Trinajstić information content (AvgIpc) is 3.45. The summed E-state index contributed by atoms with van der Waals surface area (Å²) in [7, 11) is 7.77. The molecule has 1 amide bonds. The lowest BCUT2D eigenvalue weighted by atomic mass is 9.77. The van der Waals surface area contributed by atoms with Crippen molar-refractivity contribution in [2.24, 2.45) is 11.8 Å². The third-order valence-corrected chi connectivity index (χ3v) is 7.14. The summed E-state index contributed by atoms with van der Waals surface area (Å²) in [4.78, 5) is 26.2. The van der Waals surface area contributed by atoms with Gasteiger partial charge in [0.05, 0.1) is 18.6 Å². The van der Waals surface area contributed by atoms with E-state index in [2.05, 4.69) is 36.0 Å². The highest BCUT2D eigenvalue weighted by Gasteiger charge is 2.55. The summed E-state index contributed by atoms with van der Waals surface area (Å²) in [6.07, 6.45) is 4.38. The fourth-order valence-corrected chi connectivity index (χ4v) is 5.32. The van der Waals surface area contributed by atoms with Crippen LogP contribution in [0.25, 0.3) is 0 Å². The van der Waals surface area contributed by atoms with E-state index in [1.165, 1.54) is 0 Å². The molecule has 166 valence electrons. The largest absolute Gasteiger partial charge is 0.497 e. The van der Waals surface area contributed by atoms with Gasteiger partial charge in [0, 0.05) is 26.2 Å². The Balaban J connectivity index is 0.000000806. The lowest BCUT2D eigenvalue weighted by molar-refractivity contribution is -0.133. The van der Waals surface area contributed by atoms with Gasteiger partial charge in [0.2, 0.25) is 5.91 Å². The van der Waals surface area contributed by atoms with Crippen molar-refractivity contribution in [1.82, 2.24) is 9.80 Å². The molecule has 1 aromatic carbocycles. The van der Waals surface area contributed by atoms with Crippen molar-refractivity contribution in [1.29, 1.82) is 0 Å². The Morgan fingerprint density at radius 3 is 2.17 bits per heavy atom. The maximum absolute atomic E-state index is 13.4. The molecule has 0 unspecified atom stereocenters. The molecule has 1 saturated heterocycles. The Hall–Kier alpha value is -2.12. The number of carboxylic acid groups (broad SMARTS) is 1. The molecule has 2 saturated carbocycles. The van der Waals surface area contributed by atoms with Crippen LogP contribution in [0.1, 0.15) is 31.2 Å². The Labute approximate surface area is 178 Å². The van der Waals surface area contributed by atoms with Gasteiger partial charge in [-0.25, -0.2) is 0 Å². The monoisotopic (exact) mass is 418 g/mol. The van der Waals surface area contributed by atoms with Crippen molar-refractivity contribution in [2.45, 2.75) is 43.2 Å². The maximum Gasteiger partial charge on any atom is 0.290 e. The standard InChI is InChI=1S/C22H32N2O3.CH2O2/c1-23(2)19-11-15-13-24(14-16(15)12-20(19)27-4)21(25)22(9-10-22)17-5-7-18(26-3)8-6-17;2-1-3/h5-8,15-16,19-20H,9-14H2,1-4H3;1H,(H,2,3)/t15-,16+,19-,20-;/m1./s1. The molecule has 7 nitrogen and oxygen atoms in total. The van der Waals surface area contributed by atoms with Crippen LogP contribution >= 0.6 is 0 Å². The molecule has 0 aromatic heterocycles. The number of ether oxygens (including phenoxy) is 2. The quantitative estimate of drug-likeness (QED) is 0.739. The lowest BCUT2D eigenvalue weighted by Gasteiger charge is -2.40.